The second-order valence-corrected chi connectivity index (χ2v) is 3.56. The molecule has 1 heteroatoms. The number of pyridine rings is 1. The summed E-state index contributed by atoms with van der Waals surface area (Å²) in [6.07, 6.45) is 1.85. The lowest BCUT2D eigenvalue weighted by Crippen LogP contribution is -1.83. The summed E-state index contributed by atoms with van der Waals surface area (Å²) in [6.45, 7) is 8.12. The van der Waals surface area contributed by atoms with E-state index in [1.54, 1.807) is 0 Å². The van der Waals surface area contributed by atoms with Crippen LogP contribution in [0.25, 0.3) is 11.1 Å². The van der Waals surface area contributed by atoms with Crippen LogP contribution in [0.3, 0.4) is 0 Å². The van der Waals surface area contributed by atoms with Gasteiger partial charge in [-0.3, -0.25) is 4.98 Å². The third kappa shape index (κ3) is 3.20. The molecule has 0 N–H and O–H groups in total. The Morgan fingerprint density at radius 1 is 0.875 bits per heavy atom. The summed E-state index contributed by atoms with van der Waals surface area (Å²) in [6, 6.07) is 12.7. The highest BCUT2D eigenvalue weighted by Crippen LogP contribution is 2.19. The Morgan fingerprint density at radius 3 is 2.19 bits per heavy atom. The largest absolute Gasteiger partial charge is 0.262 e. The van der Waals surface area contributed by atoms with Gasteiger partial charge >= 0.3 is 0 Å². The molecular formula is C15H19N. The first kappa shape index (κ1) is 12.4. The number of hydrogen-bond donors (Lipinski definition) is 0. The molecule has 0 bridgehead atoms. The number of rotatable bonds is 1. The van der Waals surface area contributed by atoms with Crippen LogP contribution in [0.4, 0.5) is 0 Å². The van der Waals surface area contributed by atoms with Gasteiger partial charge in [0.25, 0.3) is 0 Å². The molecule has 0 fully saturated rings. The van der Waals surface area contributed by atoms with Crippen LogP contribution in [-0.2, 0) is 0 Å². The van der Waals surface area contributed by atoms with Crippen LogP contribution in [0.5, 0.6) is 0 Å². The Hall–Kier alpha value is -1.63. The minimum atomic E-state index is 1.06. The first-order valence-electron chi connectivity index (χ1n) is 5.75. The van der Waals surface area contributed by atoms with E-state index in [1.165, 1.54) is 16.7 Å². The van der Waals surface area contributed by atoms with E-state index in [0.29, 0.717) is 0 Å². The van der Waals surface area contributed by atoms with Crippen LogP contribution in [0, 0.1) is 13.8 Å². The predicted molar refractivity (Wildman–Crippen MR) is 70.5 cm³/mol. The molecular weight excluding hydrogens is 194 g/mol. The predicted octanol–water partition coefficient (Wildman–Crippen LogP) is 4.39. The van der Waals surface area contributed by atoms with Gasteiger partial charge in [-0.15, -0.1) is 0 Å². The summed E-state index contributed by atoms with van der Waals surface area (Å²) >= 11 is 0. The minimum absolute atomic E-state index is 1.06. The smallest absolute Gasteiger partial charge is 0.0378 e. The third-order valence-electron chi connectivity index (χ3n) is 2.25. The van der Waals surface area contributed by atoms with Crippen LogP contribution in [0.2, 0.25) is 0 Å². The second-order valence-electron chi connectivity index (χ2n) is 3.56. The van der Waals surface area contributed by atoms with Gasteiger partial charge in [0.05, 0.1) is 0 Å². The molecule has 0 saturated heterocycles. The quantitative estimate of drug-likeness (QED) is 0.684. The molecule has 1 aromatic carbocycles. The van der Waals surface area contributed by atoms with E-state index in [-0.39, 0.29) is 0 Å². The van der Waals surface area contributed by atoms with E-state index < -0.39 is 0 Å². The Balaban J connectivity index is 0.000000606. The van der Waals surface area contributed by atoms with Gasteiger partial charge in [0.15, 0.2) is 0 Å². The molecule has 0 unspecified atom stereocenters. The lowest BCUT2D eigenvalue weighted by Gasteiger charge is -2.03. The van der Waals surface area contributed by atoms with Crippen molar-refractivity contribution in [3.05, 3.63) is 53.9 Å². The fourth-order valence-corrected chi connectivity index (χ4v) is 1.55. The first-order valence-corrected chi connectivity index (χ1v) is 5.75. The maximum atomic E-state index is 4.19. The molecule has 0 aliphatic heterocycles. The van der Waals surface area contributed by atoms with Crippen molar-refractivity contribution in [1.82, 2.24) is 4.98 Å². The van der Waals surface area contributed by atoms with E-state index in [4.69, 9.17) is 0 Å². The van der Waals surface area contributed by atoms with E-state index >= 15 is 0 Å². The van der Waals surface area contributed by atoms with Gasteiger partial charge in [0, 0.05) is 11.9 Å². The van der Waals surface area contributed by atoms with Gasteiger partial charge in [-0.25, -0.2) is 0 Å². The van der Waals surface area contributed by atoms with Crippen LogP contribution in [0.15, 0.2) is 42.6 Å². The average molecular weight is 213 g/mol. The lowest BCUT2D eigenvalue weighted by atomic mass is 10.0. The highest BCUT2D eigenvalue weighted by atomic mass is 14.6. The maximum Gasteiger partial charge on any atom is 0.0378 e. The van der Waals surface area contributed by atoms with E-state index in [1.807, 2.05) is 33.0 Å². The SMILES string of the molecule is CC.Cc1cccc(-c2ccnc(C)c2)c1. The van der Waals surface area contributed by atoms with Crippen molar-refractivity contribution < 1.29 is 0 Å². The Bertz CT molecular complexity index is 403. The molecule has 84 valence electrons. The molecule has 0 radical (unpaired) electrons. The summed E-state index contributed by atoms with van der Waals surface area (Å²) in [5, 5.41) is 0. The zero-order chi connectivity index (χ0) is 12.0. The monoisotopic (exact) mass is 213 g/mol. The molecule has 0 spiro atoms. The first-order chi connectivity index (χ1) is 7.75. The maximum absolute atomic E-state index is 4.19. The van der Waals surface area contributed by atoms with Gasteiger partial charge in [-0.2, -0.15) is 0 Å². The average Bonchev–Trinajstić information content (AvgIpc) is 2.32. The number of aromatic nitrogens is 1. The van der Waals surface area contributed by atoms with Gasteiger partial charge in [-0.05, 0) is 37.1 Å². The number of aryl methyl sites for hydroxylation is 2. The Labute approximate surface area is 98.2 Å². The lowest BCUT2D eigenvalue weighted by molar-refractivity contribution is 1.20. The standard InChI is InChI=1S/C13H13N.C2H6/c1-10-4-3-5-12(8-10)13-6-7-14-11(2)9-13;1-2/h3-9H,1-2H3;1-2H3. The summed E-state index contributed by atoms with van der Waals surface area (Å²) < 4.78 is 0. The van der Waals surface area contributed by atoms with Gasteiger partial charge in [0.2, 0.25) is 0 Å². The van der Waals surface area contributed by atoms with Gasteiger partial charge in [-0.1, -0.05) is 43.7 Å². The third-order valence-corrected chi connectivity index (χ3v) is 2.25. The van der Waals surface area contributed by atoms with Crippen molar-refractivity contribution in [3.63, 3.8) is 0 Å². The molecule has 2 aromatic rings. The normalized spacial score (nSPS) is 9.25. The molecule has 0 atom stereocenters. The fraction of sp³-hybridized carbons (Fsp3) is 0.267. The summed E-state index contributed by atoms with van der Waals surface area (Å²) in [7, 11) is 0. The molecule has 16 heavy (non-hydrogen) atoms. The summed E-state index contributed by atoms with van der Waals surface area (Å²) in [4.78, 5) is 4.19. The van der Waals surface area contributed by atoms with E-state index in [0.717, 1.165) is 5.69 Å². The molecule has 1 heterocycles. The van der Waals surface area contributed by atoms with E-state index in [9.17, 15) is 0 Å². The molecule has 2 rings (SSSR count). The van der Waals surface area contributed by atoms with Crippen molar-refractivity contribution in [3.8, 4) is 11.1 Å². The molecule has 0 saturated carbocycles. The van der Waals surface area contributed by atoms with Crippen LogP contribution >= 0.6 is 0 Å². The Morgan fingerprint density at radius 2 is 1.56 bits per heavy atom. The fourth-order valence-electron chi connectivity index (χ4n) is 1.55. The highest BCUT2D eigenvalue weighted by Gasteiger charge is 1.97. The topological polar surface area (TPSA) is 12.9 Å². The van der Waals surface area contributed by atoms with E-state index in [2.05, 4.69) is 42.2 Å². The van der Waals surface area contributed by atoms with Crippen molar-refractivity contribution in [1.29, 1.82) is 0 Å². The molecule has 1 nitrogen and oxygen atoms in total. The number of nitrogens with zero attached hydrogens (tertiary/aromatic N) is 1. The zero-order valence-corrected chi connectivity index (χ0v) is 10.5. The van der Waals surface area contributed by atoms with Crippen molar-refractivity contribution >= 4 is 0 Å². The zero-order valence-electron chi connectivity index (χ0n) is 10.5. The van der Waals surface area contributed by atoms with Crippen LogP contribution < -0.4 is 0 Å². The highest BCUT2D eigenvalue weighted by molar-refractivity contribution is 5.63. The van der Waals surface area contributed by atoms with Crippen molar-refractivity contribution in [2.45, 2.75) is 27.7 Å². The number of benzene rings is 1. The Kier molecular flexibility index (Phi) is 4.71. The molecule has 0 amide bonds. The van der Waals surface area contributed by atoms with Gasteiger partial charge < -0.3 is 0 Å². The van der Waals surface area contributed by atoms with Gasteiger partial charge in [0.1, 0.15) is 0 Å². The number of hydrogen-bond acceptors (Lipinski definition) is 1. The molecule has 0 aliphatic carbocycles. The summed E-state index contributed by atoms with van der Waals surface area (Å²) in [5.74, 6) is 0. The van der Waals surface area contributed by atoms with Crippen LogP contribution in [-0.4, -0.2) is 4.98 Å². The minimum Gasteiger partial charge on any atom is -0.262 e. The van der Waals surface area contributed by atoms with Crippen molar-refractivity contribution in [2.75, 3.05) is 0 Å². The summed E-state index contributed by atoms with van der Waals surface area (Å²) in [5.41, 5.74) is 4.85. The molecule has 0 aliphatic rings. The van der Waals surface area contributed by atoms with Crippen molar-refractivity contribution in [2.24, 2.45) is 0 Å². The van der Waals surface area contributed by atoms with Crippen LogP contribution in [0.1, 0.15) is 25.1 Å². The second kappa shape index (κ2) is 6.06. The molecule has 1 aromatic heterocycles.